The number of sulfonamides is 1. The Bertz CT molecular complexity index is 1420. The average Bonchev–Trinajstić information content (AvgIpc) is 3.27. The van der Waals surface area contributed by atoms with E-state index in [0.29, 0.717) is 15.1 Å². The van der Waals surface area contributed by atoms with Gasteiger partial charge in [0.05, 0.1) is 0 Å². The molecule has 3 heterocycles. The summed E-state index contributed by atoms with van der Waals surface area (Å²) in [5, 5.41) is 0. The molecule has 0 fully saturated rings. The van der Waals surface area contributed by atoms with Crippen LogP contribution < -0.4 is 11.2 Å². The minimum atomic E-state index is -3.91. The summed E-state index contributed by atoms with van der Waals surface area (Å²) in [5.74, 6) is -0.564. The van der Waals surface area contributed by atoms with Gasteiger partial charge in [0.25, 0.3) is 0 Å². The topological polar surface area (TPSA) is 126 Å². The number of nitrogens with zero attached hydrogens (tertiary/aromatic N) is 5. The standard InChI is InChI=1S/C11H12NO4S.C7H8N4O2.Hg/c1-8(16-2)7-12-11(13)9-5-3-4-6-10(9)17(12,14)15;1-10-5-4(8-3-9-5)6(12)11(2)7(10)13;/h3-6,8H,1,7H2,2H3;3H,1-2H3,(H,8,9,12);/q;;+1/p-1. The molecule has 1 amide bonds. The fourth-order valence-corrected chi connectivity index (χ4v) is 11.9. The molecule has 1 aliphatic rings. The van der Waals surface area contributed by atoms with Gasteiger partial charge >= 0.3 is 190 Å². The van der Waals surface area contributed by atoms with Crippen LogP contribution in [0.3, 0.4) is 0 Å². The van der Waals surface area contributed by atoms with E-state index in [4.69, 9.17) is 4.74 Å². The van der Waals surface area contributed by atoms with Gasteiger partial charge in [-0.15, -0.1) is 0 Å². The summed E-state index contributed by atoms with van der Waals surface area (Å²) in [4.78, 5) is 41.5. The molecule has 4 rings (SSSR count). The van der Waals surface area contributed by atoms with Gasteiger partial charge in [-0.05, 0) is 0 Å². The van der Waals surface area contributed by atoms with Crippen molar-refractivity contribution in [1.82, 2.24) is 20.8 Å². The van der Waals surface area contributed by atoms with Crippen LogP contribution in [0.5, 0.6) is 0 Å². The Hall–Kier alpha value is -2.31. The van der Waals surface area contributed by atoms with Crippen molar-refractivity contribution < 1.29 is 42.8 Å². The summed E-state index contributed by atoms with van der Waals surface area (Å²) in [5.41, 5.74) is -0.0380. The van der Waals surface area contributed by atoms with Gasteiger partial charge in [0.1, 0.15) is 0 Å². The predicted molar refractivity (Wildman–Crippen MR) is 106 cm³/mol. The summed E-state index contributed by atoms with van der Waals surface area (Å²) in [6, 6.07) is 6.12. The van der Waals surface area contributed by atoms with Crippen LogP contribution in [0.2, 0.25) is 3.93 Å². The van der Waals surface area contributed by atoms with Crippen molar-refractivity contribution in [1.29, 1.82) is 0 Å². The molecule has 0 spiro atoms. The van der Waals surface area contributed by atoms with E-state index >= 15 is 0 Å². The Kier molecular flexibility index (Phi) is 5.64. The van der Waals surface area contributed by atoms with Crippen molar-refractivity contribution in [3.63, 3.8) is 0 Å². The molecule has 0 saturated heterocycles. The van der Waals surface area contributed by atoms with E-state index < -0.39 is 58.2 Å². The second kappa shape index (κ2) is 7.99. The first kappa shape index (κ1) is 21.9. The Balaban J connectivity index is 1.58. The van der Waals surface area contributed by atoms with Crippen LogP contribution >= 0.6 is 0 Å². The van der Waals surface area contributed by atoms with Crippen LogP contribution in [-0.4, -0.2) is 54.8 Å². The molecular weight excluding hydrogens is 615 g/mol. The number of carbonyl (C=O) groups is 1. The summed E-state index contributed by atoms with van der Waals surface area (Å²) in [6.45, 7) is -0.102. The zero-order valence-electron chi connectivity index (χ0n) is 17.2. The van der Waals surface area contributed by atoms with Crippen molar-refractivity contribution in [2.24, 2.45) is 14.1 Å². The number of carbonyl (C=O) groups excluding carboxylic acids is 1. The van der Waals surface area contributed by atoms with Crippen molar-refractivity contribution >= 4 is 27.1 Å². The fraction of sp³-hybridized carbons (Fsp3) is 0.333. The number of imidazole rings is 1. The minimum absolute atomic E-state index is 0.00413. The molecule has 1 unspecified atom stereocenters. The monoisotopic (exact) mass is 635 g/mol. The van der Waals surface area contributed by atoms with E-state index in [2.05, 4.69) is 4.98 Å². The summed E-state index contributed by atoms with van der Waals surface area (Å²) in [7, 11) is 0.521. The van der Waals surface area contributed by atoms with Crippen molar-refractivity contribution in [3.8, 4) is 0 Å². The van der Waals surface area contributed by atoms with E-state index in [1.807, 2.05) is 2.33 Å². The normalized spacial score (nSPS) is 15.8. The molecular formula is C18H19HgN5O6S. The van der Waals surface area contributed by atoms with Crippen LogP contribution in [0, 0.1) is 0 Å². The van der Waals surface area contributed by atoms with Crippen molar-refractivity contribution in [2.45, 2.75) is 14.9 Å². The molecule has 1 aliphatic heterocycles. The first-order chi connectivity index (χ1) is 14.7. The molecule has 13 heteroatoms. The van der Waals surface area contributed by atoms with Gasteiger partial charge < -0.3 is 0 Å². The molecule has 2 aromatic heterocycles. The number of ether oxygens (including phenoxy) is 1. The number of aryl methyl sites for hydroxylation is 1. The number of amides is 1. The van der Waals surface area contributed by atoms with E-state index in [9.17, 15) is 22.8 Å². The Morgan fingerprint density at radius 3 is 2.52 bits per heavy atom. The molecule has 0 bridgehead atoms. The fourth-order valence-electron chi connectivity index (χ4n) is 3.73. The quantitative estimate of drug-likeness (QED) is 0.337. The van der Waals surface area contributed by atoms with E-state index in [0.717, 1.165) is 8.87 Å². The van der Waals surface area contributed by atoms with Gasteiger partial charge in [-0.25, -0.2) is 0 Å². The molecule has 0 radical (unpaired) electrons. The Morgan fingerprint density at radius 2 is 1.84 bits per heavy atom. The zero-order chi connectivity index (χ0) is 22.5. The summed E-state index contributed by atoms with van der Waals surface area (Å²) in [6.07, 6.45) is 1.04. The van der Waals surface area contributed by atoms with Gasteiger partial charge in [0.15, 0.2) is 0 Å². The van der Waals surface area contributed by atoms with Gasteiger partial charge in [0.2, 0.25) is 0 Å². The van der Waals surface area contributed by atoms with Crippen molar-refractivity contribution in [2.75, 3.05) is 13.7 Å². The van der Waals surface area contributed by atoms with Crippen LogP contribution in [0.25, 0.3) is 11.2 Å². The van der Waals surface area contributed by atoms with Crippen LogP contribution in [0.4, 0.5) is 0 Å². The number of methoxy groups -OCH3 is 1. The number of hydrogen-bond donors (Lipinski definition) is 0. The first-order valence-electron chi connectivity index (χ1n) is 9.48. The van der Waals surface area contributed by atoms with Gasteiger partial charge in [0, 0.05) is 0 Å². The van der Waals surface area contributed by atoms with Crippen LogP contribution in [0.15, 0.2) is 45.1 Å². The molecule has 11 nitrogen and oxygen atoms in total. The summed E-state index contributed by atoms with van der Waals surface area (Å²) < 4.78 is 36.6. The summed E-state index contributed by atoms with van der Waals surface area (Å²) >= 11 is -2.09. The second-order valence-electron chi connectivity index (χ2n) is 7.30. The number of aromatic nitrogens is 4. The average molecular weight is 634 g/mol. The van der Waals surface area contributed by atoms with E-state index in [1.165, 1.54) is 30.9 Å². The SMILES string of the molecule is COC([CH2][Hg][n]1cnc2c1c(=O)n(C)c(=O)n2C)CN1C(=O)c2ccccc2S1(=O)=O. The Labute approximate surface area is 189 Å². The third kappa shape index (κ3) is 3.46. The maximum absolute atomic E-state index is 12.8. The van der Waals surface area contributed by atoms with Gasteiger partial charge in [-0.3, -0.25) is 0 Å². The number of benzene rings is 1. The molecule has 1 atom stereocenters. The van der Waals surface area contributed by atoms with E-state index in [-0.39, 0.29) is 17.0 Å². The predicted octanol–water partition coefficient (Wildman–Crippen LogP) is -0.443. The number of rotatable bonds is 6. The molecule has 0 N–H and O–H groups in total. The number of hydrogen-bond acceptors (Lipinski definition) is 7. The van der Waals surface area contributed by atoms with Crippen LogP contribution in [-0.2, 0) is 53.7 Å². The molecule has 160 valence electrons. The zero-order valence-corrected chi connectivity index (χ0v) is 23.5. The third-order valence-electron chi connectivity index (χ3n) is 5.52. The molecule has 0 aliphatic carbocycles. The van der Waals surface area contributed by atoms with E-state index in [1.54, 1.807) is 25.5 Å². The maximum atomic E-state index is 12.8. The third-order valence-corrected chi connectivity index (χ3v) is 14.6. The molecule has 31 heavy (non-hydrogen) atoms. The first-order valence-corrected chi connectivity index (χ1v) is 17.3. The van der Waals surface area contributed by atoms with Crippen molar-refractivity contribution in [3.05, 3.63) is 57.0 Å². The Morgan fingerprint density at radius 1 is 1.13 bits per heavy atom. The molecule has 1 aromatic carbocycles. The van der Waals surface area contributed by atoms with Gasteiger partial charge in [-0.1, -0.05) is 0 Å². The number of fused-ring (bicyclic) bond motifs is 2. The molecule has 3 aromatic rings. The van der Waals surface area contributed by atoms with Crippen LogP contribution in [0.1, 0.15) is 10.4 Å². The second-order valence-corrected chi connectivity index (χ2v) is 15.8. The van der Waals surface area contributed by atoms with Gasteiger partial charge in [-0.2, -0.15) is 0 Å². The molecule has 0 saturated carbocycles.